The third-order valence-electron chi connectivity index (χ3n) is 3.53. The number of carbonyl (C=O) groups excluding carboxylic acids is 1. The Hall–Kier alpha value is -1.60. The molecule has 1 fully saturated rings. The number of nitrogens with zero attached hydrogens (tertiary/aromatic N) is 1. The van der Waals surface area contributed by atoms with Crippen LogP contribution in [0.3, 0.4) is 0 Å². The molecule has 1 aromatic rings. The van der Waals surface area contributed by atoms with Gasteiger partial charge in [0, 0.05) is 13.1 Å². The van der Waals surface area contributed by atoms with Crippen LogP contribution in [-0.2, 0) is 14.8 Å². The first-order valence-electron chi connectivity index (χ1n) is 6.88. The van der Waals surface area contributed by atoms with Gasteiger partial charge in [0.25, 0.3) is 5.91 Å². The molecule has 1 aliphatic heterocycles. The smallest absolute Gasteiger partial charge is 0.263 e. The number of hydrogen-bond acceptors (Lipinski definition) is 4. The molecule has 1 saturated heterocycles. The highest BCUT2D eigenvalue weighted by Gasteiger charge is 2.24. The number of rotatable bonds is 4. The van der Waals surface area contributed by atoms with E-state index in [0.29, 0.717) is 11.3 Å². The summed E-state index contributed by atoms with van der Waals surface area (Å²) in [5.41, 5.74) is 0.496. The lowest BCUT2D eigenvalue weighted by Gasteiger charge is -2.21. The maximum atomic E-state index is 12.1. The third-order valence-corrected chi connectivity index (χ3v) is 4.60. The molecule has 2 N–H and O–H groups in total. The van der Waals surface area contributed by atoms with E-state index >= 15 is 0 Å². The standard InChI is InChI=1S/C14H20N2O4S/c1-10-9-12(5-6-13(10)21(15,18)19)20-11(2)14(17)16-7-3-4-8-16/h5-6,9,11H,3-4,7-8H2,1-2H3,(H2,15,18,19). The first-order chi connectivity index (χ1) is 9.79. The molecule has 1 aromatic carbocycles. The lowest BCUT2D eigenvalue weighted by Crippen LogP contribution is -2.38. The minimum atomic E-state index is -3.74. The van der Waals surface area contributed by atoms with Crippen molar-refractivity contribution >= 4 is 15.9 Å². The highest BCUT2D eigenvalue weighted by Crippen LogP contribution is 2.22. The van der Waals surface area contributed by atoms with Gasteiger partial charge in [0.15, 0.2) is 6.10 Å². The molecule has 116 valence electrons. The summed E-state index contributed by atoms with van der Waals surface area (Å²) in [6.45, 7) is 4.88. The molecule has 7 heteroatoms. The zero-order valence-corrected chi connectivity index (χ0v) is 13.0. The van der Waals surface area contributed by atoms with Crippen LogP contribution < -0.4 is 9.88 Å². The zero-order valence-electron chi connectivity index (χ0n) is 12.2. The van der Waals surface area contributed by atoms with Crippen molar-refractivity contribution in [2.24, 2.45) is 5.14 Å². The summed E-state index contributed by atoms with van der Waals surface area (Å²) in [6.07, 6.45) is 1.46. The fourth-order valence-electron chi connectivity index (χ4n) is 2.46. The SMILES string of the molecule is Cc1cc(OC(C)C(=O)N2CCCC2)ccc1S(N)(=O)=O. The normalized spacial score (nSPS) is 16.8. The number of nitrogens with two attached hydrogens (primary N) is 1. The Morgan fingerprint density at radius 2 is 1.95 bits per heavy atom. The van der Waals surface area contributed by atoms with Crippen LogP contribution in [0.1, 0.15) is 25.3 Å². The molecule has 2 rings (SSSR count). The van der Waals surface area contributed by atoms with E-state index in [1.807, 2.05) is 0 Å². The molecule has 0 bridgehead atoms. The second kappa shape index (κ2) is 6.03. The van der Waals surface area contributed by atoms with Crippen LogP contribution in [0.2, 0.25) is 0 Å². The van der Waals surface area contributed by atoms with Crippen molar-refractivity contribution in [2.75, 3.05) is 13.1 Å². The van der Waals surface area contributed by atoms with Gasteiger partial charge < -0.3 is 9.64 Å². The summed E-state index contributed by atoms with van der Waals surface area (Å²) < 4.78 is 28.3. The van der Waals surface area contributed by atoms with Crippen LogP contribution in [0, 0.1) is 6.92 Å². The minimum absolute atomic E-state index is 0.0410. The molecular weight excluding hydrogens is 292 g/mol. The number of benzene rings is 1. The summed E-state index contributed by atoms with van der Waals surface area (Å²) in [5, 5.41) is 5.11. The summed E-state index contributed by atoms with van der Waals surface area (Å²) in [6, 6.07) is 4.49. The Labute approximate surface area is 124 Å². The van der Waals surface area contributed by atoms with Crippen molar-refractivity contribution in [3.8, 4) is 5.75 Å². The number of aryl methyl sites for hydroxylation is 1. The lowest BCUT2D eigenvalue weighted by atomic mass is 10.2. The summed E-state index contributed by atoms with van der Waals surface area (Å²) in [4.78, 5) is 14.0. The maximum absolute atomic E-state index is 12.1. The monoisotopic (exact) mass is 312 g/mol. The Morgan fingerprint density at radius 1 is 1.33 bits per heavy atom. The van der Waals surface area contributed by atoms with Gasteiger partial charge in [-0.25, -0.2) is 13.6 Å². The Bertz CT molecular complexity index is 636. The fraction of sp³-hybridized carbons (Fsp3) is 0.500. The highest BCUT2D eigenvalue weighted by molar-refractivity contribution is 7.89. The molecule has 0 aromatic heterocycles. The van der Waals surface area contributed by atoms with Gasteiger partial charge in [-0.05, 0) is 50.5 Å². The molecule has 1 unspecified atom stereocenters. The maximum Gasteiger partial charge on any atom is 0.263 e. The number of carbonyl (C=O) groups is 1. The molecule has 21 heavy (non-hydrogen) atoms. The number of ether oxygens (including phenoxy) is 1. The summed E-state index contributed by atoms with van der Waals surface area (Å²) >= 11 is 0. The molecule has 1 amide bonds. The Balaban J connectivity index is 2.09. The second-order valence-corrected chi connectivity index (χ2v) is 6.79. The molecule has 0 spiro atoms. The highest BCUT2D eigenvalue weighted by atomic mass is 32.2. The topological polar surface area (TPSA) is 89.7 Å². The van der Waals surface area contributed by atoms with E-state index in [2.05, 4.69) is 0 Å². The molecule has 1 heterocycles. The number of amides is 1. The van der Waals surface area contributed by atoms with Gasteiger partial charge in [0.1, 0.15) is 5.75 Å². The van der Waals surface area contributed by atoms with Crippen LogP contribution in [0.4, 0.5) is 0 Å². The van der Waals surface area contributed by atoms with Crippen molar-refractivity contribution < 1.29 is 17.9 Å². The second-order valence-electron chi connectivity index (χ2n) is 5.26. The van der Waals surface area contributed by atoms with Crippen LogP contribution in [-0.4, -0.2) is 38.4 Å². The predicted molar refractivity (Wildman–Crippen MR) is 78.5 cm³/mol. The lowest BCUT2D eigenvalue weighted by molar-refractivity contribution is -0.136. The molecule has 1 aliphatic rings. The first kappa shape index (κ1) is 15.8. The van der Waals surface area contributed by atoms with Crippen molar-refractivity contribution in [2.45, 2.75) is 37.7 Å². The van der Waals surface area contributed by atoms with Crippen molar-refractivity contribution in [1.29, 1.82) is 0 Å². The van der Waals surface area contributed by atoms with E-state index in [1.165, 1.54) is 12.1 Å². The zero-order chi connectivity index (χ0) is 15.6. The average Bonchev–Trinajstić information content (AvgIpc) is 2.90. The van der Waals surface area contributed by atoms with E-state index in [-0.39, 0.29) is 10.8 Å². The van der Waals surface area contributed by atoms with Crippen LogP contribution in [0.15, 0.2) is 23.1 Å². The number of hydrogen-bond donors (Lipinski definition) is 1. The minimum Gasteiger partial charge on any atom is -0.481 e. The molecule has 0 aliphatic carbocycles. The Morgan fingerprint density at radius 3 is 2.48 bits per heavy atom. The van der Waals surface area contributed by atoms with Crippen molar-refractivity contribution in [1.82, 2.24) is 4.90 Å². The Kier molecular flexibility index (Phi) is 4.53. The van der Waals surface area contributed by atoms with Gasteiger partial charge in [-0.2, -0.15) is 0 Å². The van der Waals surface area contributed by atoms with Crippen molar-refractivity contribution in [3.05, 3.63) is 23.8 Å². The molecule has 0 saturated carbocycles. The molecule has 1 atom stereocenters. The average molecular weight is 312 g/mol. The predicted octanol–water partition coefficient (Wildman–Crippen LogP) is 1.03. The summed E-state index contributed by atoms with van der Waals surface area (Å²) in [7, 11) is -3.74. The fourth-order valence-corrected chi connectivity index (χ4v) is 3.23. The van der Waals surface area contributed by atoms with E-state index in [4.69, 9.17) is 9.88 Å². The molecule has 6 nitrogen and oxygen atoms in total. The van der Waals surface area contributed by atoms with Crippen LogP contribution in [0.5, 0.6) is 5.75 Å². The summed E-state index contributed by atoms with van der Waals surface area (Å²) in [5.74, 6) is 0.417. The number of primary sulfonamides is 1. The van der Waals surface area contributed by atoms with Gasteiger partial charge in [-0.3, -0.25) is 4.79 Å². The molecular formula is C14H20N2O4S. The van der Waals surface area contributed by atoms with E-state index in [9.17, 15) is 13.2 Å². The number of sulfonamides is 1. The van der Waals surface area contributed by atoms with Gasteiger partial charge in [-0.1, -0.05) is 0 Å². The molecule has 0 radical (unpaired) electrons. The van der Waals surface area contributed by atoms with Gasteiger partial charge >= 0.3 is 0 Å². The van der Waals surface area contributed by atoms with Gasteiger partial charge in [0.05, 0.1) is 4.90 Å². The largest absolute Gasteiger partial charge is 0.481 e. The van der Waals surface area contributed by atoms with Gasteiger partial charge in [-0.15, -0.1) is 0 Å². The van der Waals surface area contributed by atoms with Crippen LogP contribution >= 0.6 is 0 Å². The van der Waals surface area contributed by atoms with Gasteiger partial charge in [0.2, 0.25) is 10.0 Å². The van der Waals surface area contributed by atoms with E-state index in [1.54, 1.807) is 24.8 Å². The number of likely N-dealkylation sites (tertiary alicyclic amines) is 1. The first-order valence-corrected chi connectivity index (χ1v) is 8.42. The van der Waals surface area contributed by atoms with E-state index in [0.717, 1.165) is 25.9 Å². The van der Waals surface area contributed by atoms with E-state index < -0.39 is 16.1 Å². The quantitative estimate of drug-likeness (QED) is 0.899. The van der Waals surface area contributed by atoms with Crippen LogP contribution in [0.25, 0.3) is 0 Å². The van der Waals surface area contributed by atoms with Crippen molar-refractivity contribution in [3.63, 3.8) is 0 Å². The third kappa shape index (κ3) is 3.74.